The fourth-order valence-corrected chi connectivity index (χ4v) is 2.77. The highest BCUT2D eigenvalue weighted by Crippen LogP contribution is 2.15. The van der Waals surface area contributed by atoms with E-state index < -0.39 is 0 Å². The first-order valence-corrected chi connectivity index (χ1v) is 7.37. The monoisotopic (exact) mass is 278 g/mol. The van der Waals surface area contributed by atoms with Gasteiger partial charge >= 0.3 is 0 Å². The maximum atomic E-state index is 13.7. The highest BCUT2D eigenvalue weighted by molar-refractivity contribution is 5.76. The number of rotatable bonds is 4. The molecule has 4 heteroatoms. The van der Waals surface area contributed by atoms with Gasteiger partial charge in [0, 0.05) is 38.6 Å². The molecule has 110 valence electrons. The van der Waals surface area contributed by atoms with Gasteiger partial charge in [-0.3, -0.25) is 9.69 Å². The standard InChI is InChI=1S/C16H23FN2O/c1-3-18-10-11-19(9-8-16(18)20)13(2)12-14-6-4-5-7-15(14)17/h4-7,13H,3,8-12H2,1-2H3/t13-/m0/s1. The molecule has 1 aromatic rings. The summed E-state index contributed by atoms with van der Waals surface area (Å²) < 4.78 is 13.7. The summed E-state index contributed by atoms with van der Waals surface area (Å²) in [5.74, 6) is 0.0912. The molecule has 0 aliphatic carbocycles. The number of halogens is 1. The summed E-state index contributed by atoms with van der Waals surface area (Å²) in [5, 5.41) is 0. The first-order chi connectivity index (χ1) is 9.61. The molecule has 0 saturated carbocycles. The SMILES string of the molecule is CCN1CCN([C@@H](C)Cc2ccccc2F)CCC1=O. The smallest absolute Gasteiger partial charge is 0.223 e. The number of benzene rings is 1. The Labute approximate surface area is 120 Å². The Balaban J connectivity index is 1.97. The van der Waals surface area contributed by atoms with Crippen molar-refractivity contribution in [2.75, 3.05) is 26.2 Å². The molecule has 1 amide bonds. The van der Waals surface area contributed by atoms with Crippen molar-refractivity contribution in [1.82, 2.24) is 9.80 Å². The maximum Gasteiger partial charge on any atom is 0.223 e. The largest absolute Gasteiger partial charge is 0.342 e. The average Bonchev–Trinajstić information content (AvgIpc) is 2.63. The van der Waals surface area contributed by atoms with Gasteiger partial charge in [-0.2, -0.15) is 0 Å². The van der Waals surface area contributed by atoms with Gasteiger partial charge in [0.1, 0.15) is 5.82 Å². The second-order valence-corrected chi connectivity index (χ2v) is 5.40. The van der Waals surface area contributed by atoms with Gasteiger partial charge in [-0.25, -0.2) is 4.39 Å². The average molecular weight is 278 g/mol. The first kappa shape index (κ1) is 15.0. The van der Waals surface area contributed by atoms with Crippen LogP contribution in [0.4, 0.5) is 4.39 Å². The Morgan fingerprint density at radius 1 is 1.25 bits per heavy atom. The Hall–Kier alpha value is -1.42. The van der Waals surface area contributed by atoms with Crippen molar-refractivity contribution >= 4 is 5.91 Å². The second-order valence-electron chi connectivity index (χ2n) is 5.40. The molecule has 20 heavy (non-hydrogen) atoms. The molecule has 1 aromatic carbocycles. The fourth-order valence-electron chi connectivity index (χ4n) is 2.77. The number of hydrogen-bond donors (Lipinski definition) is 0. The summed E-state index contributed by atoms with van der Waals surface area (Å²) in [6.07, 6.45) is 1.25. The van der Waals surface area contributed by atoms with Crippen LogP contribution < -0.4 is 0 Å². The van der Waals surface area contributed by atoms with E-state index in [-0.39, 0.29) is 17.8 Å². The van der Waals surface area contributed by atoms with Crippen LogP contribution in [0.15, 0.2) is 24.3 Å². The molecule has 2 rings (SSSR count). The molecule has 1 fully saturated rings. The van der Waals surface area contributed by atoms with Crippen molar-refractivity contribution in [3.63, 3.8) is 0 Å². The lowest BCUT2D eigenvalue weighted by molar-refractivity contribution is -0.130. The highest BCUT2D eigenvalue weighted by Gasteiger charge is 2.23. The van der Waals surface area contributed by atoms with E-state index in [1.807, 2.05) is 24.0 Å². The van der Waals surface area contributed by atoms with Crippen molar-refractivity contribution in [2.24, 2.45) is 0 Å². The summed E-state index contributed by atoms with van der Waals surface area (Å²) in [6.45, 7) is 7.31. The minimum atomic E-state index is -0.138. The molecule has 1 aliphatic heterocycles. The van der Waals surface area contributed by atoms with Crippen LogP contribution in [-0.4, -0.2) is 47.9 Å². The number of hydrogen-bond acceptors (Lipinski definition) is 2. The molecular formula is C16H23FN2O. The van der Waals surface area contributed by atoms with E-state index in [0.29, 0.717) is 12.8 Å². The van der Waals surface area contributed by atoms with Crippen LogP contribution in [0.2, 0.25) is 0 Å². The molecule has 0 radical (unpaired) electrons. The second kappa shape index (κ2) is 6.84. The number of carbonyl (C=O) groups excluding carboxylic acids is 1. The van der Waals surface area contributed by atoms with Crippen LogP contribution in [0, 0.1) is 5.82 Å². The van der Waals surface area contributed by atoms with E-state index in [1.54, 1.807) is 6.07 Å². The molecule has 3 nitrogen and oxygen atoms in total. The van der Waals surface area contributed by atoms with E-state index in [1.165, 1.54) is 6.07 Å². The fraction of sp³-hybridized carbons (Fsp3) is 0.562. The predicted molar refractivity (Wildman–Crippen MR) is 78.0 cm³/mol. The lowest BCUT2D eigenvalue weighted by Crippen LogP contribution is -2.38. The van der Waals surface area contributed by atoms with Crippen LogP contribution in [0.3, 0.4) is 0 Å². The van der Waals surface area contributed by atoms with Gasteiger partial charge in [-0.05, 0) is 31.9 Å². The molecule has 1 heterocycles. The normalized spacial score (nSPS) is 18.9. The van der Waals surface area contributed by atoms with Gasteiger partial charge < -0.3 is 4.90 Å². The number of carbonyl (C=O) groups is 1. The molecule has 0 N–H and O–H groups in total. The summed E-state index contributed by atoms with van der Waals surface area (Å²) in [4.78, 5) is 16.1. The van der Waals surface area contributed by atoms with Gasteiger partial charge in [0.15, 0.2) is 0 Å². The number of likely N-dealkylation sites (N-methyl/N-ethyl adjacent to an activating group) is 1. The molecule has 0 spiro atoms. The van der Waals surface area contributed by atoms with E-state index in [2.05, 4.69) is 11.8 Å². The van der Waals surface area contributed by atoms with Crippen LogP contribution in [0.5, 0.6) is 0 Å². The number of nitrogens with zero attached hydrogens (tertiary/aromatic N) is 2. The van der Waals surface area contributed by atoms with Crippen molar-refractivity contribution < 1.29 is 9.18 Å². The molecule has 1 saturated heterocycles. The Bertz CT molecular complexity index is 464. The zero-order valence-electron chi connectivity index (χ0n) is 12.3. The van der Waals surface area contributed by atoms with Crippen molar-refractivity contribution in [3.8, 4) is 0 Å². The summed E-state index contributed by atoms with van der Waals surface area (Å²) in [7, 11) is 0. The van der Waals surface area contributed by atoms with E-state index in [4.69, 9.17) is 0 Å². The van der Waals surface area contributed by atoms with Gasteiger partial charge in [-0.15, -0.1) is 0 Å². The lowest BCUT2D eigenvalue weighted by atomic mass is 10.1. The first-order valence-electron chi connectivity index (χ1n) is 7.37. The van der Waals surface area contributed by atoms with Crippen molar-refractivity contribution in [1.29, 1.82) is 0 Å². The summed E-state index contributed by atoms with van der Waals surface area (Å²) in [5.41, 5.74) is 0.753. The molecule has 0 bridgehead atoms. The summed E-state index contributed by atoms with van der Waals surface area (Å²) >= 11 is 0. The Morgan fingerprint density at radius 3 is 2.70 bits per heavy atom. The van der Waals surface area contributed by atoms with E-state index in [9.17, 15) is 9.18 Å². The minimum absolute atomic E-state index is 0.138. The van der Waals surface area contributed by atoms with Crippen LogP contribution in [0.1, 0.15) is 25.8 Å². The Morgan fingerprint density at radius 2 is 2.00 bits per heavy atom. The molecular weight excluding hydrogens is 255 g/mol. The van der Waals surface area contributed by atoms with Gasteiger partial charge in [0.05, 0.1) is 0 Å². The van der Waals surface area contributed by atoms with E-state index in [0.717, 1.165) is 31.7 Å². The number of amides is 1. The van der Waals surface area contributed by atoms with Gasteiger partial charge in [0.2, 0.25) is 5.91 Å². The molecule has 0 aromatic heterocycles. The maximum absolute atomic E-state index is 13.7. The third-order valence-corrected chi connectivity index (χ3v) is 4.10. The van der Waals surface area contributed by atoms with Crippen molar-refractivity contribution in [2.45, 2.75) is 32.7 Å². The zero-order chi connectivity index (χ0) is 14.5. The topological polar surface area (TPSA) is 23.6 Å². The van der Waals surface area contributed by atoms with Crippen LogP contribution in [-0.2, 0) is 11.2 Å². The highest BCUT2D eigenvalue weighted by atomic mass is 19.1. The third-order valence-electron chi connectivity index (χ3n) is 4.10. The van der Waals surface area contributed by atoms with E-state index >= 15 is 0 Å². The molecule has 1 atom stereocenters. The van der Waals surface area contributed by atoms with Crippen LogP contribution in [0.25, 0.3) is 0 Å². The van der Waals surface area contributed by atoms with Gasteiger partial charge in [0.25, 0.3) is 0 Å². The van der Waals surface area contributed by atoms with Gasteiger partial charge in [-0.1, -0.05) is 18.2 Å². The summed E-state index contributed by atoms with van der Waals surface area (Å²) in [6, 6.07) is 7.18. The van der Waals surface area contributed by atoms with Crippen molar-refractivity contribution in [3.05, 3.63) is 35.6 Å². The zero-order valence-corrected chi connectivity index (χ0v) is 12.3. The Kier molecular flexibility index (Phi) is 5.12. The quantitative estimate of drug-likeness (QED) is 0.844. The van der Waals surface area contributed by atoms with Crippen LogP contribution >= 0.6 is 0 Å². The minimum Gasteiger partial charge on any atom is -0.342 e. The molecule has 0 unspecified atom stereocenters. The predicted octanol–water partition coefficient (Wildman–Crippen LogP) is 2.31. The lowest BCUT2D eigenvalue weighted by Gasteiger charge is -2.27. The third kappa shape index (κ3) is 3.57. The molecule has 1 aliphatic rings.